The second kappa shape index (κ2) is 6.92. The van der Waals surface area contributed by atoms with E-state index in [4.69, 9.17) is 0 Å². The van der Waals surface area contributed by atoms with Gasteiger partial charge in [-0.15, -0.1) is 0 Å². The van der Waals surface area contributed by atoms with E-state index in [9.17, 15) is 14.7 Å². The molecule has 2 N–H and O–H groups in total. The molecule has 0 bridgehead atoms. The molecule has 5 nitrogen and oxygen atoms in total. The summed E-state index contributed by atoms with van der Waals surface area (Å²) in [6, 6.07) is 5.61. The molecular formula is C17H24N2O3. The van der Waals surface area contributed by atoms with Crippen molar-refractivity contribution in [1.82, 2.24) is 4.90 Å². The summed E-state index contributed by atoms with van der Waals surface area (Å²) in [7, 11) is 0. The van der Waals surface area contributed by atoms with Gasteiger partial charge in [0.1, 0.15) is 0 Å². The number of hydrogen-bond donors (Lipinski definition) is 2. The lowest BCUT2D eigenvalue weighted by molar-refractivity contribution is -0.144. The first kappa shape index (κ1) is 16.5. The van der Waals surface area contributed by atoms with Crippen molar-refractivity contribution in [2.24, 2.45) is 5.92 Å². The third kappa shape index (κ3) is 3.65. The SMILES string of the molecule is Cc1cccc(NC(=O)C(=O)N2CCCC(C(C)O)C2)c1C. The van der Waals surface area contributed by atoms with Gasteiger partial charge in [0.25, 0.3) is 0 Å². The maximum atomic E-state index is 12.3. The number of amides is 2. The number of hydrogen-bond acceptors (Lipinski definition) is 3. The molecule has 1 saturated heterocycles. The predicted molar refractivity (Wildman–Crippen MR) is 85.5 cm³/mol. The van der Waals surface area contributed by atoms with Gasteiger partial charge in [-0.05, 0) is 50.8 Å². The third-order valence-corrected chi connectivity index (χ3v) is 4.47. The number of aliphatic hydroxyl groups excluding tert-OH is 1. The monoisotopic (exact) mass is 304 g/mol. The quantitative estimate of drug-likeness (QED) is 0.819. The van der Waals surface area contributed by atoms with Crippen molar-refractivity contribution in [3.8, 4) is 0 Å². The van der Waals surface area contributed by atoms with Crippen LogP contribution in [0.2, 0.25) is 0 Å². The lowest BCUT2D eigenvalue weighted by atomic mass is 9.93. The highest BCUT2D eigenvalue weighted by atomic mass is 16.3. The highest BCUT2D eigenvalue weighted by molar-refractivity contribution is 6.39. The first-order valence-corrected chi connectivity index (χ1v) is 7.74. The molecular weight excluding hydrogens is 280 g/mol. The highest BCUT2D eigenvalue weighted by Crippen LogP contribution is 2.21. The Bertz CT molecular complexity index is 569. The fourth-order valence-corrected chi connectivity index (χ4v) is 2.79. The fourth-order valence-electron chi connectivity index (χ4n) is 2.79. The number of aryl methyl sites for hydroxylation is 1. The van der Waals surface area contributed by atoms with E-state index >= 15 is 0 Å². The van der Waals surface area contributed by atoms with Crippen molar-refractivity contribution in [3.63, 3.8) is 0 Å². The topological polar surface area (TPSA) is 69.6 Å². The second-order valence-corrected chi connectivity index (χ2v) is 6.10. The Kier molecular flexibility index (Phi) is 5.19. The Morgan fingerprint density at radius 3 is 2.77 bits per heavy atom. The first-order chi connectivity index (χ1) is 10.4. The van der Waals surface area contributed by atoms with E-state index in [-0.39, 0.29) is 5.92 Å². The third-order valence-electron chi connectivity index (χ3n) is 4.47. The number of benzene rings is 1. The maximum absolute atomic E-state index is 12.3. The van der Waals surface area contributed by atoms with Gasteiger partial charge in [0, 0.05) is 24.7 Å². The number of carbonyl (C=O) groups is 2. The summed E-state index contributed by atoms with van der Waals surface area (Å²) in [6.07, 6.45) is 1.25. The summed E-state index contributed by atoms with van der Waals surface area (Å²) < 4.78 is 0. The van der Waals surface area contributed by atoms with Gasteiger partial charge >= 0.3 is 11.8 Å². The van der Waals surface area contributed by atoms with Gasteiger partial charge in [0.05, 0.1) is 6.10 Å². The van der Waals surface area contributed by atoms with E-state index in [1.54, 1.807) is 17.9 Å². The fraction of sp³-hybridized carbons (Fsp3) is 0.529. The molecule has 120 valence electrons. The standard InChI is InChI=1S/C17H24N2O3/c1-11-6-4-8-15(12(11)2)18-16(21)17(22)19-9-5-7-14(10-19)13(3)20/h4,6,8,13-14,20H,5,7,9-10H2,1-3H3,(H,18,21). The number of rotatable bonds is 2. The van der Waals surface area contributed by atoms with E-state index in [1.807, 2.05) is 26.0 Å². The Morgan fingerprint density at radius 2 is 2.09 bits per heavy atom. The average Bonchev–Trinajstić information content (AvgIpc) is 2.51. The van der Waals surface area contributed by atoms with Crippen LogP contribution in [0.1, 0.15) is 30.9 Å². The Hall–Kier alpha value is -1.88. The molecule has 2 atom stereocenters. The minimum Gasteiger partial charge on any atom is -0.393 e. The van der Waals surface area contributed by atoms with Crippen molar-refractivity contribution in [2.45, 2.75) is 39.7 Å². The zero-order chi connectivity index (χ0) is 16.3. The summed E-state index contributed by atoms with van der Waals surface area (Å²) in [5.41, 5.74) is 2.70. The van der Waals surface area contributed by atoms with Crippen LogP contribution in [0.5, 0.6) is 0 Å². The Balaban J connectivity index is 2.03. The summed E-state index contributed by atoms with van der Waals surface area (Å²) >= 11 is 0. The van der Waals surface area contributed by atoms with Crippen LogP contribution in [0, 0.1) is 19.8 Å². The van der Waals surface area contributed by atoms with Crippen LogP contribution in [0.15, 0.2) is 18.2 Å². The van der Waals surface area contributed by atoms with E-state index in [0.717, 1.165) is 24.0 Å². The lowest BCUT2D eigenvalue weighted by Crippen LogP contribution is -2.47. The molecule has 2 rings (SSSR count). The van der Waals surface area contributed by atoms with E-state index < -0.39 is 17.9 Å². The molecule has 0 radical (unpaired) electrons. The zero-order valence-electron chi connectivity index (χ0n) is 13.4. The number of likely N-dealkylation sites (tertiary alicyclic amines) is 1. The van der Waals surface area contributed by atoms with Crippen molar-refractivity contribution < 1.29 is 14.7 Å². The number of piperidine rings is 1. The molecule has 1 heterocycles. The van der Waals surface area contributed by atoms with Crippen LogP contribution < -0.4 is 5.32 Å². The predicted octanol–water partition coefficient (Wildman–Crippen LogP) is 1.86. The molecule has 2 amide bonds. The number of aliphatic hydroxyl groups is 1. The molecule has 1 aliphatic rings. The summed E-state index contributed by atoms with van der Waals surface area (Å²) in [5.74, 6) is -1.09. The Morgan fingerprint density at radius 1 is 1.36 bits per heavy atom. The van der Waals surface area contributed by atoms with Gasteiger partial charge in [0.15, 0.2) is 0 Å². The zero-order valence-corrected chi connectivity index (χ0v) is 13.4. The summed E-state index contributed by atoms with van der Waals surface area (Å²) in [5, 5.41) is 12.4. The van der Waals surface area contributed by atoms with Crippen molar-refractivity contribution in [2.75, 3.05) is 18.4 Å². The minimum atomic E-state index is -0.611. The van der Waals surface area contributed by atoms with Crippen LogP contribution in [0.4, 0.5) is 5.69 Å². The number of nitrogens with zero attached hydrogens (tertiary/aromatic N) is 1. The van der Waals surface area contributed by atoms with Crippen LogP contribution in [0.25, 0.3) is 0 Å². The minimum absolute atomic E-state index is 0.0474. The van der Waals surface area contributed by atoms with Gasteiger partial charge in [-0.1, -0.05) is 12.1 Å². The molecule has 1 fully saturated rings. The normalized spacial score (nSPS) is 19.6. The molecule has 0 saturated carbocycles. The van der Waals surface area contributed by atoms with E-state index in [1.165, 1.54) is 0 Å². The Labute approximate surface area is 131 Å². The molecule has 1 aromatic rings. The van der Waals surface area contributed by atoms with Crippen LogP contribution in [0.3, 0.4) is 0 Å². The van der Waals surface area contributed by atoms with Crippen molar-refractivity contribution in [3.05, 3.63) is 29.3 Å². The molecule has 5 heteroatoms. The first-order valence-electron chi connectivity index (χ1n) is 7.74. The highest BCUT2D eigenvalue weighted by Gasteiger charge is 2.29. The van der Waals surface area contributed by atoms with Crippen molar-refractivity contribution >= 4 is 17.5 Å². The van der Waals surface area contributed by atoms with Gasteiger partial charge < -0.3 is 15.3 Å². The number of carbonyl (C=O) groups excluding carboxylic acids is 2. The summed E-state index contributed by atoms with van der Waals surface area (Å²) in [6.45, 7) is 6.62. The number of nitrogens with one attached hydrogen (secondary N) is 1. The molecule has 22 heavy (non-hydrogen) atoms. The van der Waals surface area contributed by atoms with E-state index in [0.29, 0.717) is 18.8 Å². The van der Waals surface area contributed by atoms with Crippen LogP contribution >= 0.6 is 0 Å². The molecule has 0 aliphatic carbocycles. The van der Waals surface area contributed by atoms with Gasteiger partial charge in [0.2, 0.25) is 0 Å². The van der Waals surface area contributed by atoms with E-state index in [2.05, 4.69) is 5.32 Å². The molecule has 1 aliphatic heterocycles. The molecule has 0 spiro atoms. The number of anilines is 1. The molecule has 1 aromatic carbocycles. The van der Waals surface area contributed by atoms with Crippen LogP contribution in [-0.4, -0.2) is 41.0 Å². The smallest absolute Gasteiger partial charge is 0.313 e. The lowest BCUT2D eigenvalue weighted by Gasteiger charge is -2.33. The average molecular weight is 304 g/mol. The van der Waals surface area contributed by atoms with Gasteiger partial charge in [-0.3, -0.25) is 9.59 Å². The maximum Gasteiger partial charge on any atom is 0.313 e. The summed E-state index contributed by atoms with van der Waals surface area (Å²) in [4.78, 5) is 26.0. The second-order valence-electron chi connectivity index (χ2n) is 6.10. The molecule has 0 aromatic heterocycles. The van der Waals surface area contributed by atoms with Gasteiger partial charge in [-0.25, -0.2) is 0 Å². The van der Waals surface area contributed by atoms with Crippen LogP contribution in [-0.2, 0) is 9.59 Å². The molecule has 2 unspecified atom stereocenters. The van der Waals surface area contributed by atoms with Gasteiger partial charge in [-0.2, -0.15) is 0 Å². The largest absolute Gasteiger partial charge is 0.393 e. The van der Waals surface area contributed by atoms with Crippen molar-refractivity contribution in [1.29, 1.82) is 0 Å².